The fraction of sp³-hybridized carbons (Fsp3) is 0.533. The zero-order valence-corrected chi connectivity index (χ0v) is 12.7. The third kappa shape index (κ3) is 3.36. The molecule has 19 heavy (non-hydrogen) atoms. The molecule has 3 nitrogen and oxygen atoms in total. The van der Waals surface area contributed by atoms with Crippen molar-refractivity contribution in [3.63, 3.8) is 0 Å². The summed E-state index contributed by atoms with van der Waals surface area (Å²) in [6.07, 6.45) is 3.44. The lowest BCUT2D eigenvalue weighted by molar-refractivity contribution is 0.0450. The maximum atomic E-state index is 9.51. The maximum Gasteiger partial charge on any atom is 0.0992 e. The van der Waals surface area contributed by atoms with Gasteiger partial charge in [0.15, 0.2) is 0 Å². The predicted octanol–water partition coefficient (Wildman–Crippen LogP) is 3.06. The Bertz CT molecular complexity index is 484. The Balaban J connectivity index is 2.17. The molecule has 1 N–H and O–H groups in total. The van der Waals surface area contributed by atoms with Gasteiger partial charge < -0.3 is 5.11 Å². The number of nitriles is 1. The Morgan fingerprint density at radius 1 is 1.47 bits per heavy atom. The van der Waals surface area contributed by atoms with Gasteiger partial charge >= 0.3 is 0 Å². The molecule has 0 radical (unpaired) electrons. The van der Waals surface area contributed by atoms with Gasteiger partial charge in [-0.3, -0.25) is 4.90 Å². The van der Waals surface area contributed by atoms with Gasteiger partial charge in [0.2, 0.25) is 0 Å². The van der Waals surface area contributed by atoms with E-state index in [0.717, 1.165) is 17.4 Å². The number of rotatable bonds is 3. The van der Waals surface area contributed by atoms with Crippen LogP contribution in [0.3, 0.4) is 0 Å². The van der Waals surface area contributed by atoms with Crippen LogP contribution >= 0.6 is 15.9 Å². The molecule has 1 fully saturated rings. The van der Waals surface area contributed by atoms with Crippen LogP contribution in [0.1, 0.15) is 37.3 Å². The van der Waals surface area contributed by atoms with Gasteiger partial charge in [0.1, 0.15) is 0 Å². The topological polar surface area (TPSA) is 47.3 Å². The van der Waals surface area contributed by atoms with Gasteiger partial charge in [-0.25, -0.2) is 0 Å². The van der Waals surface area contributed by atoms with Crippen molar-refractivity contribution in [1.29, 1.82) is 5.26 Å². The van der Waals surface area contributed by atoms with E-state index >= 15 is 0 Å². The van der Waals surface area contributed by atoms with Gasteiger partial charge in [-0.05, 0) is 37.5 Å². The van der Waals surface area contributed by atoms with E-state index in [0.29, 0.717) is 11.6 Å². The van der Waals surface area contributed by atoms with Crippen LogP contribution in [-0.2, 0) is 6.54 Å². The highest BCUT2D eigenvalue weighted by Gasteiger charge is 2.27. The van der Waals surface area contributed by atoms with E-state index in [2.05, 4.69) is 33.8 Å². The van der Waals surface area contributed by atoms with Crippen LogP contribution in [0, 0.1) is 11.3 Å². The van der Waals surface area contributed by atoms with Gasteiger partial charge in [0.05, 0.1) is 18.2 Å². The minimum Gasteiger partial charge on any atom is -0.395 e. The molecule has 0 saturated carbocycles. The molecule has 1 aromatic rings. The third-order valence-electron chi connectivity index (χ3n) is 3.94. The molecule has 0 spiro atoms. The lowest BCUT2D eigenvalue weighted by Gasteiger charge is -2.40. The maximum absolute atomic E-state index is 9.51. The molecule has 1 aliphatic rings. The monoisotopic (exact) mass is 322 g/mol. The number of halogens is 1. The molecule has 2 unspecified atom stereocenters. The van der Waals surface area contributed by atoms with Crippen molar-refractivity contribution in [2.24, 2.45) is 0 Å². The highest BCUT2D eigenvalue weighted by atomic mass is 79.9. The first-order valence-electron chi connectivity index (χ1n) is 6.71. The summed E-state index contributed by atoms with van der Waals surface area (Å²) in [5, 5.41) is 18.4. The van der Waals surface area contributed by atoms with Crippen LogP contribution in [0.15, 0.2) is 22.7 Å². The molecule has 1 heterocycles. The van der Waals surface area contributed by atoms with E-state index in [1.807, 2.05) is 18.2 Å². The lowest BCUT2D eigenvalue weighted by atomic mass is 9.96. The first-order valence-corrected chi connectivity index (χ1v) is 7.50. The summed E-state index contributed by atoms with van der Waals surface area (Å²) in [7, 11) is 0. The third-order valence-corrected chi connectivity index (χ3v) is 4.68. The van der Waals surface area contributed by atoms with Crippen LogP contribution in [0.2, 0.25) is 0 Å². The van der Waals surface area contributed by atoms with Crippen molar-refractivity contribution in [2.45, 2.75) is 44.8 Å². The van der Waals surface area contributed by atoms with E-state index in [1.165, 1.54) is 18.4 Å². The summed E-state index contributed by atoms with van der Waals surface area (Å²) in [5.41, 5.74) is 1.84. The summed E-state index contributed by atoms with van der Waals surface area (Å²) in [4.78, 5) is 2.37. The van der Waals surface area contributed by atoms with Crippen molar-refractivity contribution in [1.82, 2.24) is 4.90 Å². The summed E-state index contributed by atoms with van der Waals surface area (Å²) >= 11 is 3.54. The van der Waals surface area contributed by atoms with Crippen molar-refractivity contribution in [3.8, 4) is 6.07 Å². The summed E-state index contributed by atoms with van der Waals surface area (Å²) in [6, 6.07) is 8.60. The second-order valence-electron chi connectivity index (χ2n) is 5.21. The van der Waals surface area contributed by atoms with Gasteiger partial charge in [0.25, 0.3) is 0 Å². The lowest BCUT2D eigenvalue weighted by Crippen LogP contribution is -2.46. The summed E-state index contributed by atoms with van der Waals surface area (Å²) < 4.78 is 0.973. The number of hydrogen-bond acceptors (Lipinski definition) is 3. The van der Waals surface area contributed by atoms with Gasteiger partial charge in [-0.2, -0.15) is 5.26 Å². The molecule has 102 valence electrons. The second-order valence-corrected chi connectivity index (χ2v) is 6.06. The summed E-state index contributed by atoms with van der Waals surface area (Å²) in [5.74, 6) is 0. The molecular weight excluding hydrogens is 304 g/mol. The van der Waals surface area contributed by atoms with E-state index in [-0.39, 0.29) is 12.6 Å². The number of likely N-dealkylation sites (tertiary alicyclic amines) is 1. The smallest absolute Gasteiger partial charge is 0.0992 e. The van der Waals surface area contributed by atoms with Gasteiger partial charge in [-0.15, -0.1) is 0 Å². The minimum absolute atomic E-state index is 0.220. The van der Waals surface area contributed by atoms with Crippen LogP contribution in [0.4, 0.5) is 0 Å². The first-order chi connectivity index (χ1) is 9.15. The van der Waals surface area contributed by atoms with Crippen molar-refractivity contribution >= 4 is 15.9 Å². The fourth-order valence-electron chi connectivity index (χ4n) is 2.76. The zero-order chi connectivity index (χ0) is 13.8. The number of piperidine rings is 1. The zero-order valence-electron chi connectivity index (χ0n) is 11.1. The Morgan fingerprint density at radius 2 is 2.26 bits per heavy atom. The average Bonchev–Trinajstić information content (AvgIpc) is 2.42. The predicted molar refractivity (Wildman–Crippen MR) is 78.6 cm³/mol. The van der Waals surface area contributed by atoms with E-state index in [9.17, 15) is 5.11 Å². The highest BCUT2D eigenvalue weighted by molar-refractivity contribution is 9.10. The van der Waals surface area contributed by atoms with Crippen LogP contribution in [0.5, 0.6) is 0 Å². The Morgan fingerprint density at radius 3 is 2.89 bits per heavy atom. The van der Waals surface area contributed by atoms with E-state index in [1.54, 1.807) is 0 Å². The van der Waals surface area contributed by atoms with Gasteiger partial charge in [0, 0.05) is 23.1 Å². The molecule has 2 rings (SSSR count). The highest BCUT2D eigenvalue weighted by Crippen LogP contribution is 2.27. The van der Waals surface area contributed by atoms with Crippen LogP contribution in [0.25, 0.3) is 0 Å². The quantitative estimate of drug-likeness (QED) is 0.930. The minimum atomic E-state index is 0.220. The van der Waals surface area contributed by atoms with Crippen molar-refractivity contribution in [2.75, 3.05) is 6.61 Å². The summed E-state index contributed by atoms with van der Waals surface area (Å²) in [6.45, 7) is 3.26. The van der Waals surface area contributed by atoms with Crippen molar-refractivity contribution < 1.29 is 5.11 Å². The first kappa shape index (κ1) is 14.5. The van der Waals surface area contributed by atoms with Gasteiger partial charge in [-0.1, -0.05) is 28.4 Å². The Kier molecular flexibility index (Phi) is 4.98. The number of aliphatic hydroxyl groups excluding tert-OH is 1. The number of aliphatic hydroxyl groups is 1. The van der Waals surface area contributed by atoms with Crippen LogP contribution < -0.4 is 0 Å². The number of benzene rings is 1. The van der Waals surface area contributed by atoms with E-state index < -0.39 is 0 Å². The molecule has 2 atom stereocenters. The SMILES string of the molecule is CC1CCCC(CO)N1Cc1ccc(C#N)cc1Br. The fourth-order valence-corrected chi connectivity index (χ4v) is 3.27. The molecule has 1 saturated heterocycles. The van der Waals surface area contributed by atoms with Crippen LogP contribution in [-0.4, -0.2) is 28.7 Å². The largest absolute Gasteiger partial charge is 0.395 e. The molecule has 1 aliphatic heterocycles. The molecular formula is C15H19BrN2O. The standard InChI is InChI=1S/C15H19BrN2O/c1-11-3-2-4-14(10-19)18(11)9-13-6-5-12(8-17)7-15(13)16/h5-7,11,14,19H,2-4,9-10H2,1H3. The molecule has 1 aromatic carbocycles. The second kappa shape index (κ2) is 6.51. The van der Waals surface area contributed by atoms with Crippen molar-refractivity contribution in [3.05, 3.63) is 33.8 Å². The number of nitrogens with zero attached hydrogens (tertiary/aromatic N) is 2. The molecule has 0 aromatic heterocycles. The number of hydrogen-bond donors (Lipinski definition) is 1. The molecule has 0 bridgehead atoms. The van der Waals surface area contributed by atoms with E-state index in [4.69, 9.17) is 5.26 Å². The molecule has 0 amide bonds. The molecule has 0 aliphatic carbocycles. The normalized spacial score (nSPS) is 24.1. The Hall–Kier alpha value is -0.890. The Labute approximate surface area is 123 Å². The average molecular weight is 323 g/mol. The molecule has 4 heteroatoms.